The van der Waals surface area contributed by atoms with Gasteiger partial charge in [0.1, 0.15) is 23.9 Å². The summed E-state index contributed by atoms with van der Waals surface area (Å²) in [7, 11) is 0. The Hall–Kier alpha value is -3.18. The molecule has 0 heterocycles. The van der Waals surface area contributed by atoms with Crippen LogP contribution in [0.3, 0.4) is 0 Å². The van der Waals surface area contributed by atoms with Crippen molar-refractivity contribution in [3.05, 3.63) is 29.8 Å². The highest BCUT2D eigenvalue weighted by Gasteiger charge is 2.31. The van der Waals surface area contributed by atoms with Crippen LogP contribution in [0.15, 0.2) is 24.3 Å². The average Bonchev–Trinajstić information content (AvgIpc) is 2.75. The number of rotatable bonds is 13. The summed E-state index contributed by atoms with van der Waals surface area (Å²) in [5.74, 6) is -3.67. The van der Waals surface area contributed by atoms with Crippen molar-refractivity contribution >= 4 is 23.7 Å². The third kappa shape index (κ3) is 9.36. The van der Waals surface area contributed by atoms with E-state index in [-0.39, 0.29) is 30.4 Å². The first kappa shape index (κ1) is 28.9. The van der Waals surface area contributed by atoms with Gasteiger partial charge in [0.15, 0.2) is 0 Å². The largest absolute Gasteiger partial charge is 0.508 e. The van der Waals surface area contributed by atoms with Gasteiger partial charge in [-0.05, 0) is 42.4 Å². The first-order chi connectivity index (χ1) is 15.8. The van der Waals surface area contributed by atoms with Gasteiger partial charge in [-0.1, -0.05) is 39.8 Å². The van der Waals surface area contributed by atoms with Crippen LogP contribution in [0.2, 0.25) is 0 Å². The molecule has 1 rings (SSSR count). The maximum absolute atomic E-state index is 12.8. The van der Waals surface area contributed by atoms with Crippen molar-refractivity contribution in [2.24, 2.45) is 17.6 Å². The molecule has 4 atom stereocenters. The molecule has 0 radical (unpaired) electrons. The number of amides is 3. The molecule has 8 N–H and O–H groups in total. The van der Waals surface area contributed by atoms with Crippen LogP contribution in [0.25, 0.3) is 0 Å². The number of aromatic hydroxyl groups is 1. The monoisotopic (exact) mass is 480 g/mol. The molecule has 3 amide bonds. The molecule has 1 aromatic carbocycles. The van der Waals surface area contributed by atoms with Crippen molar-refractivity contribution in [2.45, 2.75) is 64.7 Å². The molecular weight excluding hydrogens is 444 g/mol. The number of carboxylic acids is 1. The fraction of sp³-hybridized carbons (Fsp3) is 0.565. The van der Waals surface area contributed by atoms with Crippen LogP contribution in [-0.2, 0) is 25.6 Å². The molecule has 4 unspecified atom stereocenters. The van der Waals surface area contributed by atoms with E-state index >= 15 is 0 Å². The lowest BCUT2D eigenvalue weighted by Gasteiger charge is -2.26. The standard InChI is InChI=1S/C23H36N4O7/c1-12(2)9-17(23(33)34)25-21(31)18(11-28)26-22(32)19(13(3)4)27-20(30)16(24)10-14-5-7-15(29)8-6-14/h5-8,12-13,16-19,28-29H,9-11,24H2,1-4H3,(H,25,31)(H,26,32)(H,27,30)(H,33,34). The average molecular weight is 481 g/mol. The molecule has 190 valence electrons. The van der Waals surface area contributed by atoms with E-state index in [0.717, 1.165) is 5.56 Å². The van der Waals surface area contributed by atoms with Gasteiger partial charge in [0.2, 0.25) is 17.7 Å². The predicted octanol–water partition coefficient (Wildman–Crippen LogP) is -0.505. The second-order valence-corrected chi connectivity index (χ2v) is 8.98. The quantitative estimate of drug-likeness (QED) is 0.196. The molecule has 11 heteroatoms. The van der Waals surface area contributed by atoms with E-state index < -0.39 is 54.5 Å². The number of nitrogens with two attached hydrogens (primary N) is 1. The van der Waals surface area contributed by atoms with Gasteiger partial charge < -0.3 is 37.0 Å². The zero-order valence-electron chi connectivity index (χ0n) is 19.9. The molecule has 0 spiro atoms. The number of aliphatic hydroxyl groups excluding tert-OH is 1. The topological polar surface area (TPSA) is 191 Å². The van der Waals surface area contributed by atoms with Crippen LogP contribution in [0, 0.1) is 11.8 Å². The van der Waals surface area contributed by atoms with E-state index in [1.165, 1.54) is 12.1 Å². The van der Waals surface area contributed by atoms with Crippen LogP contribution in [0.4, 0.5) is 0 Å². The minimum atomic E-state index is -1.40. The fourth-order valence-corrected chi connectivity index (χ4v) is 3.19. The van der Waals surface area contributed by atoms with Crippen molar-refractivity contribution in [2.75, 3.05) is 6.61 Å². The van der Waals surface area contributed by atoms with E-state index in [2.05, 4.69) is 16.0 Å². The fourth-order valence-electron chi connectivity index (χ4n) is 3.19. The zero-order valence-corrected chi connectivity index (χ0v) is 19.9. The molecule has 1 aromatic rings. The number of nitrogens with one attached hydrogen (secondary N) is 3. The van der Waals surface area contributed by atoms with Gasteiger partial charge in [-0.15, -0.1) is 0 Å². The van der Waals surface area contributed by atoms with Crippen LogP contribution in [0.1, 0.15) is 39.7 Å². The Balaban J connectivity index is 2.80. The molecule has 0 fully saturated rings. The van der Waals surface area contributed by atoms with Crippen molar-refractivity contribution < 1.29 is 34.5 Å². The highest BCUT2D eigenvalue weighted by atomic mass is 16.4. The molecule has 0 aliphatic heterocycles. The van der Waals surface area contributed by atoms with Crippen LogP contribution in [-0.4, -0.2) is 69.8 Å². The van der Waals surface area contributed by atoms with Crippen molar-refractivity contribution in [1.29, 1.82) is 0 Å². The summed E-state index contributed by atoms with van der Waals surface area (Å²) >= 11 is 0. The van der Waals surface area contributed by atoms with Gasteiger partial charge in [0.25, 0.3) is 0 Å². The first-order valence-electron chi connectivity index (χ1n) is 11.1. The minimum absolute atomic E-state index is 0.00474. The van der Waals surface area contributed by atoms with Gasteiger partial charge in [0.05, 0.1) is 12.6 Å². The maximum Gasteiger partial charge on any atom is 0.326 e. The Kier molecular flexibility index (Phi) is 11.5. The Labute approximate surface area is 199 Å². The number of hydrogen-bond acceptors (Lipinski definition) is 7. The van der Waals surface area contributed by atoms with Gasteiger partial charge in [-0.25, -0.2) is 4.79 Å². The molecule has 0 aromatic heterocycles. The van der Waals surface area contributed by atoms with Gasteiger partial charge in [-0.3, -0.25) is 14.4 Å². The summed E-state index contributed by atoms with van der Waals surface area (Å²) in [6.07, 6.45) is 0.351. The summed E-state index contributed by atoms with van der Waals surface area (Å²) in [6.45, 7) is 6.22. The number of carboxylic acid groups (broad SMARTS) is 1. The molecular formula is C23H36N4O7. The van der Waals surface area contributed by atoms with E-state index in [9.17, 15) is 34.5 Å². The van der Waals surface area contributed by atoms with E-state index in [4.69, 9.17) is 5.73 Å². The van der Waals surface area contributed by atoms with Crippen LogP contribution < -0.4 is 21.7 Å². The second-order valence-electron chi connectivity index (χ2n) is 8.98. The number of hydrogen-bond donors (Lipinski definition) is 7. The molecule has 0 aliphatic carbocycles. The van der Waals surface area contributed by atoms with Crippen LogP contribution >= 0.6 is 0 Å². The Morgan fingerprint density at radius 3 is 1.91 bits per heavy atom. The van der Waals surface area contributed by atoms with Crippen LogP contribution in [0.5, 0.6) is 5.75 Å². The Morgan fingerprint density at radius 1 is 0.882 bits per heavy atom. The highest BCUT2D eigenvalue weighted by molar-refractivity contribution is 5.94. The summed E-state index contributed by atoms with van der Waals surface area (Å²) in [5.41, 5.74) is 6.69. The third-order valence-electron chi connectivity index (χ3n) is 5.11. The van der Waals surface area contributed by atoms with Gasteiger partial charge >= 0.3 is 5.97 Å². The van der Waals surface area contributed by atoms with Crippen molar-refractivity contribution in [1.82, 2.24) is 16.0 Å². The lowest BCUT2D eigenvalue weighted by molar-refractivity contribution is -0.143. The first-order valence-corrected chi connectivity index (χ1v) is 11.1. The Bertz CT molecular complexity index is 842. The Morgan fingerprint density at radius 2 is 1.44 bits per heavy atom. The van der Waals surface area contributed by atoms with Crippen molar-refractivity contribution in [3.8, 4) is 5.75 Å². The minimum Gasteiger partial charge on any atom is -0.508 e. The van der Waals surface area contributed by atoms with E-state index in [1.54, 1.807) is 39.8 Å². The number of aliphatic hydroxyl groups is 1. The summed E-state index contributed by atoms with van der Waals surface area (Å²) in [5, 5.41) is 35.5. The molecule has 0 saturated carbocycles. The maximum atomic E-state index is 12.8. The number of benzene rings is 1. The smallest absolute Gasteiger partial charge is 0.326 e. The SMILES string of the molecule is CC(C)CC(NC(=O)C(CO)NC(=O)C(NC(=O)C(N)Cc1ccc(O)cc1)C(C)C)C(=O)O. The second kappa shape index (κ2) is 13.5. The van der Waals surface area contributed by atoms with Crippen molar-refractivity contribution in [3.63, 3.8) is 0 Å². The molecule has 34 heavy (non-hydrogen) atoms. The molecule has 0 bridgehead atoms. The zero-order chi connectivity index (χ0) is 26.0. The van der Waals surface area contributed by atoms with E-state index in [1.807, 2.05) is 0 Å². The van der Waals surface area contributed by atoms with Gasteiger partial charge in [-0.2, -0.15) is 0 Å². The normalized spacial score (nSPS) is 14.7. The lowest BCUT2D eigenvalue weighted by atomic mass is 10.0. The van der Waals surface area contributed by atoms with Gasteiger partial charge in [0, 0.05) is 0 Å². The summed E-state index contributed by atoms with van der Waals surface area (Å²) < 4.78 is 0. The number of carbonyl (C=O) groups is 4. The third-order valence-corrected chi connectivity index (χ3v) is 5.11. The number of phenols is 1. The molecule has 0 saturated heterocycles. The summed E-state index contributed by atoms with van der Waals surface area (Å²) in [6, 6.07) is 1.62. The number of phenolic OH excluding ortho intramolecular Hbond substituents is 1. The molecule has 0 aliphatic rings. The summed E-state index contributed by atoms with van der Waals surface area (Å²) in [4.78, 5) is 49.3. The van der Waals surface area contributed by atoms with E-state index in [0.29, 0.717) is 0 Å². The number of aliphatic carboxylic acids is 1. The molecule has 11 nitrogen and oxygen atoms in total. The highest BCUT2D eigenvalue weighted by Crippen LogP contribution is 2.11. The number of carbonyl (C=O) groups excluding carboxylic acids is 3. The predicted molar refractivity (Wildman–Crippen MR) is 125 cm³/mol. The lowest BCUT2D eigenvalue weighted by Crippen LogP contribution is -2.59.